The zero-order valence-electron chi connectivity index (χ0n) is 17.7. The van der Waals surface area contributed by atoms with Crippen molar-refractivity contribution >= 4 is 11.6 Å². The molecule has 31 heavy (non-hydrogen) atoms. The molecule has 0 fully saturated rings. The first-order valence-corrected chi connectivity index (χ1v) is 10.3. The van der Waals surface area contributed by atoms with E-state index < -0.39 is 0 Å². The predicted octanol–water partition coefficient (Wildman–Crippen LogP) is 3.67. The lowest BCUT2D eigenvalue weighted by molar-refractivity contribution is 0.232. The summed E-state index contributed by atoms with van der Waals surface area (Å²) in [6.07, 6.45) is 0.624. The van der Waals surface area contributed by atoms with Crippen molar-refractivity contribution in [2.24, 2.45) is 0 Å². The van der Waals surface area contributed by atoms with Crippen LogP contribution in [0.2, 0.25) is 5.02 Å². The summed E-state index contributed by atoms with van der Waals surface area (Å²) in [5, 5.41) is 0.637. The largest absolute Gasteiger partial charge is 0.496 e. The van der Waals surface area contributed by atoms with E-state index in [4.69, 9.17) is 30.8 Å². The zero-order chi connectivity index (χ0) is 22.0. The number of ether oxygens (including phenoxy) is 3. The number of hydrogen-bond donors (Lipinski definition) is 1. The van der Waals surface area contributed by atoms with Gasteiger partial charge in [-0.15, -0.1) is 0 Å². The molecule has 2 aromatic carbocycles. The van der Waals surface area contributed by atoms with Gasteiger partial charge in [0.1, 0.15) is 23.1 Å². The number of halogens is 1. The van der Waals surface area contributed by atoms with Gasteiger partial charge in [0.15, 0.2) is 0 Å². The van der Waals surface area contributed by atoms with E-state index in [0.29, 0.717) is 47.6 Å². The molecule has 0 atom stereocenters. The maximum atomic E-state index is 12.7. The minimum atomic E-state index is -0.0887. The van der Waals surface area contributed by atoms with Crippen molar-refractivity contribution in [1.29, 1.82) is 0 Å². The lowest BCUT2D eigenvalue weighted by Crippen LogP contribution is -2.35. The molecule has 1 N–H and O–H groups in total. The molecular formula is C23H24ClN3O4. The third-order valence-electron chi connectivity index (χ3n) is 5.47. The Hall–Kier alpha value is -3.03. The summed E-state index contributed by atoms with van der Waals surface area (Å²) in [5.41, 5.74) is 3.18. The highest BCUT2D eigenvalue weighted by Gasteiger charge is 2.24. The van der Waals surface area contributed by atoms with Gasteiger partial charge in [0, 0.05) is 47.9 Å². The number of nitrogens with one attached hydrogen (secondary N) is 1. The highest BCUT2D eigenvalue weighted by Crippen LogP contribution is 2.35. The standard InChI is InChI=1S/C23H24ClN3O4/c1-29-16-10-20(30-2)18(21(11-16)31-3)12-27-9-8-17-19(13-27)25-22(26-23(17)28)14-4-6-15(24)7-5-14/h4-7,10-11H,8-9,12-13H2,1-3H3,(H,25,26,28). The Bertz CT molecular complexity index is 1120. The fraction of sp³-hybridized carbons (Fsp3) is 0.304. The normalized spacial score (nSPS) is 13.5. The van der Waals surface area contributed by atoms with Gasteiger partial charge in [-0.25, -0.2) is 4.98 Å². The predicted molar refractivity (Wildman–Crippen MR) is 119 cm³/mol. The first kappa shape index (κ1) is 21.2. The van der Waals surface area contributed by atoms with Crippen LogP contribution < -0.4 is 19.8 Å². The summed E-state index contributed by atoms with van der Waals surface area (Å²) in [5.74, 6) is 2.61. The molecule has 0 aliphatic carbocycles. The van der Waals surface area contributed by atoms with Crippen LogP contribution in [0.4, 0.5) is 0 Å². The molecule has 1 aromatic heterocycles. The van der Waals surface area contributed by atoms with E-state index in [9.17, 15) is 4.79 Å². The van der Waals surface area contributed by atoms with Crippen LogP contribution in [0, 0.1) is 0 Å². The number of aromatic nitrogens is 2. The molecule has 0 spiro atoms. The molecule has 3 aromatic rings. The van der Waals surface area contributed by atoms with Crippen LogP contribution in [-0.2, 0) is 19.5 Å². The second-order valence-corrected chi connectivity index (χ2v) is 7.75. The van der Waals surface area contributed by atoms with E-state index in [2.05, 4.69) is 9.88 Å². The maximum absolute atomic E-state index is 12.7. The molecule has 0 amide bonds. The van der Waals surface area contributed by atoms with Crippen molar-refractivity contribution < 1.29 is 14.2 Å². The molecule has 4 rings (SSSR count). The molecule has 0 saturated heterocycles. The zero-order valence-corrected chi connectivity index (χ0v) is 18.5. The molecule has 0 bridgehead atoms. The highest BCUT2D eigenvalue weighted by atomic mass is 35.5. The molecule has 0 unspecified atom stereocenters. The van der Waals surface area contributed by atoms with Crippen molar-refractivity contribution in [2.45, 2.75) is 19.5 Å². The van der Waals surface area contributed by atoms with Gasteiger partial charge in [-0.3, -0.25) is 9.69 Å². The summed E-state index contributed by atoms with van der Waals surface area (Å²) < 4.78 is 16.5. The number of hydrogen-bond acceptors (Lipinski definition) is 6. The van der Waals surface area contributed by atoms with Crippen LogP contribution in [0.25, 0.3) is 11.4 Å². The van der Waals surface area contributed by atoms with Gasteiger partial charge in [-0.2, -0.15) is 0 Å². The fourth-order valence-electron chi connectivity index (χ4n) is 3.83. The van der Waals surface area contributed by atoms with Crippen molar-refractivity contribution in [3.8, 4) is 28.6 Å². The van der Waals surface area contributed by atoms with Crippen molar-refractivity contribution in [1.82, 2.24) is 14.9 Å². The topological polar surface area (TPSA) is 76.7 Å². The Morgan fingerprint density at radius 3 is 2.35 bits per heavy atom. The Morgan fingerprint density at radius 2 is 1.74 bits per heavy atom. The number of nitrogens with zero attached hydrogens (tertiary/aromatic N) is 2. The molecule has 162 valence electrons. The number of methoxy groups -OCH3 is 3. The molecular weight excluding hydrogens is 418 g/mol. The quantitative estimate of drug-likeness (QED) is 0.629. The lowest BCUT2D eigenvalue weighted by atomic mass is 10.0. The molecule has 1 aliphatic rings. The van der Waals surface area contributed by atoms with Crippen molar-refractivity contribution in [2.75, 3.05) is 27.9 Å². The smallest absolute Gasteiger partial charge is 0.254 e. The SMILES string of the molecule is COc1cc(OC)c(CN2CCc3c(nc(-c4ccc(Cl)cc4)[nH]c3=O)C2)c(OC)c1. The van der Waals surface area contributed by atoms with E-state index >= 15 is 0 Å². The second kappa shape index (κ2) is 8.99. The highest BCUT2D eigenvalue weighted by molar-refractivity contribution is 6.30. The van der Waals surface area contributed by atoms with Crippen LogP contribution >= 0.6 is 11.6 Å². The van der Waals surface area contributed by atoms with E-state index in [0.717, 1.165) is 28.9 Å². The second-order valence-electron chi connectivity index (χ2n) is 7.32. The van der Waals surface area contributed by atoms with E-state index in [-0.39, 0.29) is 5.56 Å². The Morgan fingerprint density at radius 1 is 1.06 bits per heavy atom. The minimum Gasteiger partial charge on any atom is -0.496 e. The van der Waals surface area contributed by atoms with E-state index in [1.165, 1.54) is 0 Å². The first-order valence-electron chi connectivity index (χ1n) is 9.91. The van der Waals surface area contributed by atoms with Crippen LogP contribution in [0.5, 0.6) is 17.2 Å². The van der Waals surface area contributed by atoms with Gasteiger partial charge in [-0.05, 0) is 30.7 Å². The number of fused-ring (bicyclic) bond motifs is 1. The molecule has 8 heteroatoms. The summed E-state index contributed by atoms with van der Waals surface area (Å²) >= 11 is 5.98. The minimum absolute atomic E-state index is 0.0887. The fourth-order valence-corrected chi connectivity index (χ4v) is 3.96. The molecule has 7 nitrogen and oxygen atoms in total. The summed E-state index contributed by atoms with van der Waals surface area (Å²) in [7, 11) is 4.86. The number of benzene rings is 2. The lowest BCUT2D eigenvalue weighted by Gasteiger charge is -2.29. The van der Waals surface area contributed by atoms with Crippen LogP contribution in [0.1, 0.15) is 16.8 Å². The third kappa shape index (κ3) is 4.38. The van der Waals surface area contributed by atoms with Gasteiger partial charge in [0.05, 0.1) is 32.6 Å². The molecule has 1 aliphatic heterocycles. The Labute approximate surface area is 185 Å². The summed E-state index contributed by atoms with van der Waals surface area (Å²) in [6.45, 7) is 1.88. The Kier molecular flexibility index (Phi) is 6.15. The average molecular weight is 442 g/mol. The molecule has 2 heterocycles. The van der Waals surface area contributed by atoms with Crippen molar-refractivity contribution in [3.63, 3.8) is 0 Å². The van der Waals surface area contributed by atoms with Crippen LogP contribution in [0.15, 0.2) is 41.2 Å². The average Bonchev–Trinajstić information content (AvgIpc) is 2.79. The van der Waals surface area contributed by atoms with Crippen molar-refractivity contribution in [3.05, 3.63) is 68.6 Å². The van der Waals surface area contributed by atoms with Gasteiger partial charge in [-0.1, -0.05) is 11.6 Å². The number of rotatable bonds is 6. The van der Waals surface area contributed by atoms with Gasteiger partial charge in [0.2, 0.25) is 0 Å². The maximum Gasteiger partial charge on any atom is 0.254 e. The first-order chi connectivity index (χ1) is 15.0. The Balaban J connectivity index is 1.63. The molecule has 0 saturated carbocycles. The third-order valence-corrected chi connectivity index (χ3v) is 5.72. The number of aromatic amines is 1. The van der Waals surface area contributed by atoms with Gasteiger partial charge in [0.25, 0.3) is 5.56 Å². The summed E-state index contributed by atoms with van der Waals surface area (Å²) in [6, 6.07) is 11.0. The number of H-pyrrole nitrogens is 1. The summed E-state index contributed by atoms with van der Waals surface area (Å²) in [4.78, 5) is 22.6. The van der Waals surface area contributed by atoms with Gasteiger partial charge >= 0.3 is 0 Å². The van der Waals surface area contributed by atoms with Crippen LogP contribution in [0.3, 0.4) is 0 Å². The van der Waals surface area contributed by atoms with E-state index in [1.807, 2.05) is 24.3 Å². The van der Waals surface area contributed by atoms with Crippen LogP contribution in [-0.4, -0.2) is 42.7 Å². The van der Waals surface area contributed by atoms with Gasteiger partial charge < -0.3 is 19.2 Å². The van der Waals surface area contributed by atoms with E-state index in [1.54, 1.807) is 33.5 Å². The monoisotopic (exact) mass is 441 g/mol. The molecule has 0 radical (unpaired) electrons.